The van der Waals surface area contributed by atoms with Crippen molar-refractivity contribution in [2.24, 2.45) is 0 Å². The average Bonchev–Trinajstić information content (AvgIpc) is 2.26. The molecule has 98 valence electrons. The molecule has 1 aliphatic carbocycles. The van der Waals surface area contributed by atoms with Crippen LogP contribution in [0.25, 0.3) is 0 Å². The van der Waals surface area contributed by atoms with Crippen LogP contribution in [0.4, 0.5) is 0 Å². The van der Waals surface area contributed by atoms with Gasteiger partial charge in [-0.05, 0) is 38.0 Å². The highest BCUT2D eigenvalue weighted by atomic mass is 35.5. The summed E-state index contributed by atoms with van der Waals surface area (Å²) in [6.45, 7) is 2.65. The summed E-state index contributed by atoms with van der Waals surface area (Å²) < 4.78 is 5.42. The summed E-state index contributed by atoms with van der Waals surface area (Å²) in [6, 6.07) is 4.59. The van der Waals surface area contributed by atoms with Crippen molar-refractivity contribution in [1.29, 1.82) is 0 Å². The molecule has 18 heavy (non-hydrogen) atoms. The van der Waals surface area contributed by atoms with Crippen molar-refractivity contribution < 1.29 is 14.6 Å². The number of amides is 1. The van der Waals surface area contributed by atoms with E-state index in [4.69, 9.17) is 16.3 Å². The topological polar surface area (TPSA) is 58.6 Å². The first-order valence-corrected chi connectivity index (χ1v) is 6.39. The van der Waals surface area contributed by atoms with Crippen LogP contribution in [0.2, 0.25) is 5.02 Å². The molecule has 1 aromatic rings. The summed E-state index contributed by atoms with van der Waals surface area (Å²) in [5.74, 6) is -0.371. The van der Waals surface area contributed by atoms with E-state index in [-0.39, 0.29) is 29.4 Å². The Kier molecular flexibility index (Phi) is 4.09. The number of benzene rings is 1. The molecule has 1 aromatic carbocycles. The van der Waals surface area contributed by atoms with Crippen LogP contribution in [0.1, 0.15) is 30.1 Å². The Bertz CT molecular complexity index is 444. The summed E-state index contributed by atoms with van der Waals surface area (Å²) >= 11 is 5.71. The molecule has 0 heterocycles. The second-order valence-corrected chi connectivity index (χ2v) is 4.82. The van der Waals surface area contributed by atoms with Gasteiger partial charge in [0.1, 0.15) is 5.75 Å². The number of ether oxygens (including phenoxy) is 1. The second-order valence-electron chi connectivity index (χ2n) is 4.38. The van der Waals surface area contributed by atoms with E-state index in [0.717, 1.165) is 12.8 Å². The van der Waals surface area contributed by atoms with E-state index in [9.17, 15) is 9.90 Å². The predicted molar refractivity (Wildman–Crippen MR) is 69.0 cm³/mol. The van der Waals surface area contributed by atoms with E-state index in [1.807, 2.05) is 6.92 Å². The van der Waals surface area contributed by atoms with E-state index in [0.29, 0.717) is 11.6 Å². The third-order valence-electron chi connectivity index (χ3n) is 3.04. The van der Waals surface area contributed by atoms with Gasteiger partial charge in [-0.1, -0.05) is 11.6 Å². The lowest BCUT2D eigenvalue weighted by atomic mass is 9.89. The maximum atomic E-state index is 11.9. The molecule has 0 atom stereocenters. The summed E-state index contributed by atoms with van der Waals surface area (Å²) in [6.07, 6.45) is 1.90. The molecule has 1 saturated carbocycles. The van der Waals surface area contributed by atoms with Crippen molar-refractivity contribution in [3.63, 3.8) is 0 Å². The molecule has 0 saturated heterocycles. The number of hydrogen-bond donors (Lipinski definition) is 2. The second kappa shape index (κ2) is 5.59. The Morgan fingerprint density at radius 2 is 2.28 bits per heavy atom. The number of halogens is 1. The Balaban J connectivity index is 1.89. The predicted octanol–water partition coefficient (Wildman–Crippen LogP) is 2.34. The van der Waals surface area contributed by atoms with Crippen LogP contribution in [-0.2, 0) is 4.74 Å². The van der Waals surface area contributed by atoms with Crippen LogP contribution in [0.15, 0.2) is 18.2 Å². The number of carbonyl (C=O) groups excluding carboxylic acids is 1. The fourth-order valence-electron chi connectivity index (χ4n) is 2.02. The maximum Gasteiger partial charge on any atom is 0.255 e. The molecule has 2 N–H and O–H groups in total. The molecule has 1 fully saturated rings. The molecule has 0 radical (unpaired) electrons. The van der Waals surface area contributed by atoms with Crippen molar-refractivity contribution >= 4 is 17.5 Å². The minimum atomic E-state index is -0.274. The minimum Gasteiger partial charge on any atom is -0.507 e. The lowest BCUT2D eigenvalue weighted by molar-refractivity contribution is -0.00863. The normalized spacial score (nSPS) is 22.3. The monoisotopic (exact) mass is 269 g/mol. The van der Waals surface area contributed by atoms with Gasteiger partial charge in [0.25, 0.3) is 5.91 Å². The minimum absolute atomic E-state index is 0.0966. The lowest BCUT2D eigenvalue weighted by Crippen LogP contribution is -2.47. The van der Waals surface area contributed by atoms with Gasteiger partial charge in [-0.2, -0.15) is 0 Å². The van der Waals surface area contributed by atoms with Crippen molar-refractivity contribution in [2.45, 2.75) is 31.9 Å². The fourth-order valence-corrected chi connectivity index (χ4v) is 2.18. The Hall–Kier alpha value is -1.26. The Morgan fingerprint density at radius 1 is 1.56 bits per heavy atom. The largest absolute Gasteiger partial charge is 0.507 e. The first-order chi connectivity index (χ1) is 8.60. The summed E-state index contributed by atoms with van der Waals surface area (Å²) in [7, 11) is 0. The van der Waals surface area contributed by atoms with E-state index >= 15 is 0 Å². The van der Waals surface area contributed by atoms with Gasteiger partial charge in [0.05, 0.1) is 11.7 Å². The van der Waals surface area contributed by atoms with Gasteiger partial charge in [0.2, 0.25) is 0 Å². The van der Waals surface area contributed by atoms with Crippen molar-refractivity contribution in [3.05, 3.63) is 28.8 Å². The summed E-state index contributed by atoms with van der Waals surface area (Å²) in [5.41, 5.74) is 0.249. The summed E-state index contributed by atoms with van der Waals surface area (Å²) in [4.78, 5) is 11.9. The first kappa shape index (κ1) is 13.2. The highest BCUT2D eigenvalue weighted by Crippen LogP contribution is 2.25. The molecule has 4 nitrogen and oxygen atoms in total. The van der Waals surface area contributed by atoms with Crippen LogP contribution in [0.3, 0.4) is 0 Å². The highest BCUT2D eigenvalue weighted by molar-refractivity contribution is 6.30. The van der Waals surface area contributed by atoms with Crippen LogP contribution in [-0.4, -0.2) is 29.8 Å². The number of rotatable bonds is 4. The maximum absolute atomic E-state index is 11.9. The van der Waals surface area contributed by atoms with Gasteiger partial charge in [-0.3, -0.25) is 4.79 Å². The smallest absolute Gasteiger partial charge is 0.255 e. The molecule has 1 amide bonds. The highest BCUT2D eigenvalue weighted by Gasteiger charge is 2.31. The molecule has 0 aromatic heterocycles. The van der Waals surface area contributed by atoms with Gasteiger partial charge < -0.3 is 15.2 Å². The molecule has 2 rings (SSSR count). The van der Waals surface area contributed by atoms with Gasteiger partial charge >= 0.3 is 0 Å². The van der Waals surface area contributed by atoms with Crippen molar-refractivity contribution in [2.75, 3.05) is 6.61 Å². The first-order valence-electron chi connectivity index (χ1n) is 6.01. The van der Waals surface area contributed by atoms with Gasteiger partial charge in [-0.15, -0.1) is 0 Å². The zero-order chi connectivity index (χ0) is 13.1. The van der Waals surface area contributed by atoms with Gasteiger partial charge in [-0.25, -0.2) is 0 Å². The number of nitrogens with one attached hydrogen (secondary N) is 1. The van der Waals surface area contributed by atoms with Crippen molar-refractivity contribution in [1.82, 2.24) is 5.32 Å². The zero-order valence-electron chi connectivity index (χ0n) is 10.1. The SMILES string of the molecule is CCOC1CC(NC(=O)c2ccc(Cl)cc2O)C1. The zero-order valence-corrected chi connectivity index (χ0v) is 10.9. The van der Waals surface area contributed by atoms with Gasteiger partial charge in [0, 0.05) is 17.7 Å². The van der Waals surface area contributed by atoms with E-state index in [2.05, 4.69) is 5.32 Å². The van der Waals surface area contributed by atoms with E-state index in [1.54, 1.807) is 6.07 Å². The van der Waals surface area contributed by atoms with Crippen LogP contribution < -0.4 is 5.32 Å². The Morgan fingerprint density at radius 3 is 2.89 bits per heavy atom. The van der Waals surface area contributed by atoms with Gasteiger partial charge in [0.15, 0.2) is 0 Å². The average molecular weight is 270 g/mol. The quantitative estimate of drug-likeness (QED) is 0.882. The molecule has 0 bridgehead atoms. The van der Waals surface area contributed by atoms with Crippen LogP contribution >= 0.6 is 11.6 Å². The third-order valence-corrected chi connectivity index (χ3v) is 3.27. The van der Waals surface area contributed by atoms with Crippen LogP contribution in [0.5, 0.6) is 5.75 Å². The van der Waals surface area contributed by atoms with Crippen LogP contribution in [0, 0.1) is 0 Å². The number of hydrogen-bond acceptors (Lipinski definition) is 3. The number of phenolic OH excluding ortho intramolecular Hbond substituents is 1. The summed E-state index contributed by atoms with van der Waals surface area (Å²) in [5, 5.41) is 12.9. The number of carbonyl (C=O) groups is 1. The van der Waals surface area contributed by atoms with E-state index < -0.39 is 0 Å². The molecule has 0 aliphatic heterocycles. The molecule has 0 spiro atoms. The molecular formula is C13H16ClNO3. The van der Waals surface area contributed by atoms with E-state index in [1.165, 1.54) is 12.1 Å². The number of aromatic hydroxyl groups is 1. The molecule has 5 heteroatoms. The molecular weight excluding hydrogens is 254 g/mol. The third kappa shape index (κ3) is 2.94. The Labute approximate surface area is 111 Å². The standard InChI is InChI=1S/C13H16ClNO3/c1-2-18-10-6-9(7-10)15-13(17)11-4-3-8(14)5-12(11)16/h3-5,9-10,16H,2,6-7H2,1H3,(H,15,17). The fraction of sp³-hybridized carbons (Fsp3) is 0.462. The molecule has 0 unspecified atom stereocenters. The lowest BCUT2D eigenvalue weighted by Gasteiger charge is -2.35. The van der Waals surface area contributed by atoms with Crippen molar-refractivity contribution in [3.8, 4) is 5.75 Å². The molecule has 1 aliphatic rings. The number of phenols is 1.